The maximum atomic E-state index is 5.36. The lowest BCUT2D eigenvalue weighted by Crippen LogP contribution is -2.28. The largest absolute Gasteiger partial charge is 0.497 e. The van der Waals surface area contributed by atoms with E-state index >= 15 is 0 Å². The molecule has 1 aromatic rings. The summed E-state index contributed by atoms with van der Waals surface area (Å²) in [5.74, 6) is 1.94. The molecule has 1 heterocycles. The predicted molar refractivity (Wildman–Crippen MR) is 78.5 cm³/mol. The van der Waals surface area contributed by atoms with E-state index in [2.05, 4.69) is 23.1 Å². The van der Waals surface area contributed by atoms with E-state index in [9.17, 15) is 0 Å². The van der Waals surface area contributed by atoms with Gasteiger partial charge in [0, 0.05) is 12.6 Å². The first kappa shape index (κ1) is 13.0. The van der Waals surface area contributed by atoms with E-state index in [0.717, 1.165) is 11.7 Å². The second-order valence-corrected chi connectivity index (χ2v) is 6.08. The number of methoxy groups -OCH3 is 1. The quantitative estimate of drug-likeness (QED) is 0.809. The van der Waals surface area contributed by atoms with Crippen molar-refractivity contribution in [2.75, 3.05) is 20.2 Å². The first-order chi connectivity index (χ1) is 9.36. The summed E-state index contributed by atoms with van der Waals surface area (Å²) in [6.07, 6.45) is 8.43. The van der Waals surface area contributed by atoms with Crippen molar-refractivity contribution in [3.63, 3.8) is 0 Å². The molecular weight excluding hydrogens is 234 g/mol. The fraction of sp³-hybridized carbons (Fsp3) is 0.647. The molecule has 0 radical (unpaired) electrons. The molecule has 1 atom stereocenters. The summed E-state index contributed by atoms with van der Waals surface area (Å²) in [7, 11) is 1.75. The fourth-order valence-electron chi connectivity index (χ4n) is 3.80. The van der Waals surface area contributed by atoms with Crippen molar-refractivity contribution < 1.29 is 4.74 Å². The molecule has 2 fully saturated rings. The molecule has 1 saturated carbocycles. The summed E-state index contributed by atoms with van der Waals surface area (Å²) in [4.78, 5) is 2.71. The van der Waals surface area contributed by atoms with Gasteiger partial charge >= 0.3 is 0 Å². The van der Waals surface area contributed by atoms with Crippen LogP contribution in [0.3, 0.4) is 0 Å². The molecule has 19 heavy (non-hydrogen) atoms. The van der Waals surface area contributed by atoms with Crippen LogP contribution in [-0.4, -0.2) is 25.1 Å². The second-order valence-electron chi connectivity index (χ2n) is 6.08. The molecular formula is C17H25NO. The standard InChI is InChI=1S/C17H25NO/c1-19-16-9-4-8-15(12-16)17-10-5-11-18(17)13-14-6-2-3-7-14/h4,8-9,12,14,17H,2-3,5-7,10-11,13H2,1H3. The zero-order valence-corrected chi connectivity index (χ0v) is 12.0. The van der Waals surface area contributed by atoms with Gasteiger partial charge in [0.15, 0.2) is 0 Å². The van der Waals surface area contributed by atoms with E-state index in [0.29, 0.717) is 6.04 Å². The summed E-state index contributed by atoms with van der Waals surface area (Å²) in [6, 6.07) is 9.27. The first-order valence-electron chi connectivity index (χ1n) is 7.75. The van der Waals surface area contributed by atoms with Gasteiger partial charge in [0.2, 0.25) is 0 Å². The minimum Gasteiger partial charge on any atom is -0.497 e. The van der Waals surface area contributed by atoms with Gasteiger partial charge in [-0.25, -0.2) is 0 Å². The molecule has 0 aromatic heterocycles. The monoisotopic (exact) mass is 259 g/mol. The van der Waals surface area contributed by atoms with Crippen molar-refractivity contribution in [1.82, 2.24) is 4.90 Å². The Bertz CT molecular complexity index is 411. The van der Waals surface area contributed by atoms with Crippen molar-refractivity contribution >= 4 is 0 Å². The zero-order valence-electron chi connectivity index (χ0n) is 12.0. The number of ether oxygens (including phenoxy) is 1. The lowest BCUT2D eigenvalue weighted by Gasteiger charge is -2.27. The molecule has 2 aliphatic rings. The van der Waals surface area contributed by atoms with Crippen molar-refractivity contribution in [1.29, 1.82) is 0 Å². The Morgan fingerprint density at radius 3 is 2.79 bits per heavy atom. The molecule has 2 heteroatoms. The molecule has 0 N–H and O–H groups in total. The molecule has 104 valence electrons. The Hall–Kier alpha value is -1.02. The van der Waals surface area contributed by atoms with Crippen LogP contribution in [0.2, 0.25) is 0 Å². The lowest BCUT2D eigenvalue weighted by atomic mass is 10.0. The van der Waals surface area contributed by atoms with Gasteiger partial charge in [0.25, 0.3) is 0 Å². The molecule has 0 amide bonds. The number of rotatable bonds is 4. The van der Waals surface area contributed by atoms with Crippen LogP contribution in [0, 0.1) is 5.92 Å². The van der Waals surface area contributed by atoms with Crippen LogP contribution < -0.4 is 4.74 Å². The lowest BCUT2D eigenvalue weighted by molar-refractivity contribution is 0.216. The van der Waals surface area contributed by atoms with Crippen molar-refractivity contribution in [2.45, 2.75) is 44.6 Å². The fourth-order valence-corrected chi connectivity index (χ4v) is 3.80. The van der Waals surface area contributed by atoms with Gasteiger partial charge in [0.05, 0.1) is 7.11 Å². The van der Waals surface area contributed by atoms with Gasteiger partial charge in [-0.15, -0.1) is 0 Å². The molecule has 1 aliphatic carbocycles. The summed E-state index contributed by atoms with van der Waals surface area (Å²) < 4.78 is 5.36. The van der Waals surface area contributed by atoms with Gasteiger partial charge in [-0.1, -0.05) is 25.0 Å². The van der Waals surface area contributed by atoms with Gasteiger partial charge in [-0.05, 0) is 55.8 Å². The number of hydrogen-bond acceptors (Lipinski definition) is 2. The van der Waals surface area contributed by atoms with E-state index in [4.69, 9.17) is 4.74 Å². The number of likely N-dealkylation sites (tertiary alicyclic amines) is 1. The Morgan fingerprint density at radius 1 is 1.16 bits per heavy atom. The molecule has 2 nitrogen and oxygen atoms in total. The van der Waals surface area contributed by atoms with E-state index < -0.39 is 0 Å². The topological polar surface area (TPSA) is 12.5 Å². The summed E-state index contributed by atoms with van der Waals surface area (Å²) >= 11 is 0. The molecule has 3 rings (SSSR count). The minimum absolute atomic E-state index is 0.621. The average molecular weight is 259 g/mol. The number of benzene rings is 1. The Morgan fingerprint density at radius 2 is 2.00 bits per heavy atom. The minimum atomic E-state index is 0.621. The van der Waals surface area contributed by atoms with Crippen LogP contribution in [0.25, 0.3) is 0 Å². The molecule has 1 saturated heterocycles. The highest BCUT2D eigenvalue weighted by atomic mass is 16.5. The van der Waals surface area contributed by atoms with Crippen molar-refractivity contribution in [3.05, 3.63) is 29.8 Å². The predicted octanol–water partition coefficient (Wildman–Crippen LogP) is 4.02. The van der Waals surface area contributed by atoms with Crippen LogP contribution in [-0.2, 0) is 0 Å². The van der Waals surface area contributed by atoms with Crippen LogP contribution in [0.4, 0.5) is 0 Å². The maximum Gasteiger partial charge on any atom is 0.119 e. The van der Waals surface area contributed by atoms with Gasteiger partial charge in [-0.3, -0.25) is 4.90 Å². The summed E-state index contributed by atoms with van der Waals surface area (Å²) in [6.45, 7) is 2.58. The van der Waals surface area contributed by atoms with Crippen LogP contribution >= 0.6 is 0 Å². The average Bonchev–Trinajstić information content (AvgIpc) is 3.11. The van der Waals surface area contributed by atoms with E-state index in [1.807, 2.05) is 6.07 Å². The molecule has 0 spiro atoms. The molecule has 0 bridgehead atoms. The summed E-state index contributed by atoms with van der Waals surface area (Å²) in [5.41, 5.74) is 1.44. The zero-order chi connectivity index (χ0) is 13.1. The highest BCUT2D eigenvalue weighted by molar-refractivity contribution is 5.31. The number of hydrogen-bond donors (Lipinski definition) is 0. The summed E-state index contributed by atoms with van der Waals surface area (Å²) in [5, 5.41) is 0. The van der Waals surface area contributed by atoms with Gasteiger partial charge in [-0.2, -0.15) is 0 Å². The molecule has 1 aromatic carbocycles. The van der Waals surface area contributed by atoms with Gasteiger partial charge in [0.1, 0.15) is 5.75 Å². The Kier molecular flexibility index (Phi) is 4.07. The van der Waals surface area contributed by atoms with E-state index in [1.165, 1.54) is 57.2 Å². The first-order valence-corrected chi connectivity index (χ1v) is 7.75. The molecule has 1 unspecified atom stereocenters. The van der Waals surface area contributed by atoms with Gasteiger partial charge < -0.3 is 4.74 Å². The van der Waals surface area contributed by atoms with Crippen LogP contribution in [0.1, 0.15) is 50.1 Å². The van der Waals surface area contributed by atoms with Crippen molar-refractivity contribution in [2.24, 2.45) is 5.92 Å². The van der Waals surface area contributed by atoms with E-state index in [1.54, 1.807) is 7.11 Å². The second kappa shape index (κ2) is 5.96. The van der Waals surface area contributed by atoms with Crippen molar-refractivity contribution in [3.8, 4) is 5.75 Å². The Labute approximate surface area is 116 Å². The highest BCUT2D eigenvalue weighted by Crippen LogP contribution is 2.36. The van der Waals surface area contributed by atoms with Crippen LogP contribution in [0.5, 0.6) is 5.75 Å². The smallest absolute Gasteiger partial charge is 0.119 e. The maximum absolute atomic E-state index is 5.36. The third kappa shape index (κ3) is 2.94. The third-order valence-corrected chi connectivity index (χ3v) is 4.81. The Balaban J connectivity index is 1.70. The highest BCUT2D eigenvalue weighted by Gasteiger charge is 2.29. The normalized spacial score (nSPS) is 25.0. The van der Waals surface area contributed by atoms with Crippen LogP contribution in [0.15, 0.2) is 24.3 Å². The molecule has 1 aliphatic heterocycles. The number of nitrogens with zero attached hydrogens (tertiary/aromatic N) is 1. The SMILES string of the molecule is COc1cccc(C2CCCN2CC2CCCC2)c1. The van der Waals surface area contributed by atoms with E-state index in [-0.39, 0.29) is 0 Å². The third-order valence-electron chi connectivity index (χ3n) is 4.81.